The number of Topliss-reactive ketones (excluding diaryl/α,β-unsaturated/α-hetero) is 1. The molecule has 2 aromatic heterocycles. The van der Waals surface area contributed by atoms with E-state index in [1.807, 2.05) is 56.5 Å². The maximum absolute atomic E-state index is 13.4. The highest BCUT2D eigenvalue weighted by atomic mass is 32.1. The van der Waals surface area contributed by atoms with Crippen LogP contribution in [0.5, 0.6) is 11.5 Å². The van der Waals surface area contributed by atoms with Gasteiger partial charge in [0.1, 0.15) is 23.3 Å². The van der Waals surface area contributed by atoms with Crippen molar-refractivity contribution in [2.24, 2.45) is 0 Å². The number of carbonyl (C=O) groups excluding carboxylic acids is 2. The molecular formula is C28H26N2O5S2. The second kappa shape index (κ2) is 10.4. The smallest absolute Gasteiger partial charge is 0.301 e. The Bertz CT molecular complexity index is 1510. The Morgan fingerprint density at radius 1 is 1.11 bits per heavy atom. The predicted molar refractivity (Wildman–Crippen MR) is 147 cm³/mol. The maximum Gasteiger partial charge on any atom is 0.301 e. The zero-order valence-corrected chi connectivity index (χ0v) is 22.3. The molecule has 37 heavy (non-hydrogen) atoms. The van der Waals surface area contributed by atoms with Crippen LogP contribution in [0.1, 0.15) is 42.3 Å². The van der Waals surface area contributed by atoms with Gasteiger partial charge in [-0.1, -0.05) is 24.3 Å². The number of hydrogen-bond donors (Lipinski definition) is 1. The number of aryl methyl sites for hydroxylation is 1. The topological polar surface area (TPSA) is 89.0 Å². The van der Waals surface area contributed by atoms with Gasteiger partial charge in [-0.2, -0.15) is 0 Å². The molecule has 0 bridgehead atoms. The Morgan fingerprint density at radius 3 is 2.65 bits per heavy atom. The summed E-state index contributed by atoms with van der Waals surface area (Å²) in [4.78, 5) is 33.6. The summed E-state index contributed by atoms with van der Waals surface area (Å²) < 4.78 is 12.2. The zero-order chi connectivity index (χ0) is 26.1. The van der Waals surface area contributed by atoms with E-state index in [1.165, 1.54) is 27.6 Å². The Labute approximate surface area is 222 Å². The van der Waals surface area contributed by atoms with Gasteiger partial charge < -0.3 is 14.6 Å². The van der Waals surface area contributed by atoms with Gasteiger partial charge in [0.05, 0.1) is 29.0 Å². The summed E-state index contributed by atoms with van der Waals surface area (Å²) in [5.74, 6) is -0.250. The number of aromatic nitrogens is 1. The van der Waals surface area contributed by atoms with Crippen LogP contribution in [0.4, 0.5) is 5.13 Å². The number of ether oxygens (including phenoxy) is 2. The SMILES string of the molecule is CCCOc1ccc(/C(O)=C2\C(=O)C(=O)N(c3nc4ccc(OCC)cc4s3)C2c2cccs2)cc1C. The first kappa shape index (κ1) is 25.0. The molecule has 0 radical (unpaired) electrons. The van der Waals surface area contributed by atoms with Crippen molar-refractivity contribution in [1.82, 2.24) is 4.98 Å². The molecule has 2 aromatic carbocycles. The van der Waals surface area contributed by atoms with E-state index in [4.69, 9.17) is 9.47 Å². The number of aliphatic hydroxyl groups excluding tert-OH is 1. The minimum atomic E-state index is -0.789. The third-order valence-electron chi connectivity index (χ3n) is 6.03. The molecule has 1 aliphatic rings. The second-order valence-corrected chi connectivity index (χ2v) is 10.6. The van der Waals surface area contributed by atoms with Gasteiger partial charge in [0, 0.05) is 10.4 Å². The van der Waals surface area contributed by atoms with Crippen molar-refractivity contribution in [3.63, 3.8) is 0 Å². The van der Waals surface area contributed by atoms with Crippen LogP contribution in [-0.4, -0.2) is 35.0 Å². The molecule has 1 atom stereocenters. The molecule has 0 saturated carbocycles. The van der Waals surface area contributed by atoms with Gasteiger partial charge in [0.25, 0.3) is 5.78 Å². The molecule has 1 unspecified atom stereocenters. The van der Waals surface area contributed by atoms with Gasteiger partial charge in [-0.05, 0) is 73.7 Å². The van der Waals surface area contributed by atoms with Crippen LogP contribution in [0, 0.1) is 6.92 Å². The predicted octanol–water partition coefficient (Wildman–Crippen LogP) is 6.48. The number of thiazole rings is 1. The van der Waals surface area contributed by atoms with Crippen LogP contribution in [0.2, 0.25) is 0 Å². The van der Waals surface area contributed by atoms with E-state index in [1.54, 1.807) is 18.2 Å². The lowest BCUT2D eigenvalue weighted by Gasteiger charge is -2.21. The van der Waals surface area contributed by atoms with E-state index in [0.29, 0.717) is 35.2 Å². The molecule has 1 fully saturated rings. The van der Waals surface area contributed by atoms with Crippen molar-refractivity contribution in [3.05, 3.63) is 75.5 Å². The lowest BCUT2D eigenvalue weighted by molar-refractivity contribution is -0.132. The largest absolute Gasteiger partial charge is 0.507 e. The minimum Gasteiger partial charge on any atom is -0.507 e. The zero-order valence-electron chi connectivity index (χ0n) is 20.7. The highest BCUT2D eigenvalue weighted by Gasteiger charge is 2.48. The molecule has 7 nitrogen and oxygen atoms in total. The lowest BCUT2D eigenvalue weighted by atomic mass is 9.99. The van der Waals surface area contributed by atoms with E-state index in [0.717, 1.165) is 27.3 Å². The summed E-state index contributed by atoms with van der Waals surface area (Å²) in [6.45, 7) is 6.95. The lowest BCUT2D eigenvalue weighted by Crippen LogP contribution is -2.28. The van der Waals surface area contributed by atoms with Gasteiger partial charge in [0.2, 0.25) is 0 Å². The Kier molecular flexibility index (Phi) is 6.99. The van der Waals surface area contributed by atoms with Crippen molar-refractivity contribution in [2.45, 2.75) is 33.2 Å². The summed E-state index contributed by atoms with van der Waals surface area (Å²) in [7, 11) is 0. The molecule has 3 heterocycles. The van der Waals surface area contributed by atoms with Crippen molar-refractivity contribution < 1.29 is 24.2 Å². The number of hydrogen-bond acceptors (Lipinski definition) is 8. The summed E-state index contributed by atoms with van der Waals surface area (Å²) >= 11 is 2.72. The number of thiophene rings is 1. The van der Waals surface area contributed by atoms with E-state index in [9.17, 15) is 14.7 Å². The number of carbonyl (C=O) groups is 2. The van der Waals surface area contributed by atoms with Gasteiger partial charge in [0.15, 0.2) is 5.13 Å². The number of ketones is 1. The quantitative estimate of drug-likeness (QED) is 0.158. The van der Waals surface area contributed by atoms with Crippen LogP contribution in [0.3, 0.4) is 0 Å². The monoisotopic (exact) mass is 534 g/mol. The fourth-order valence-corrected chi connectivity index (χ4v) is 6.17. The highest BCUT2D eigenvalue weighted by molar-refractivity contribution is 7.22. The molecule has 5 rings (SSSR count). The average Bonchev–Trinajstić information content (AvgIpc) is 3.61. The molecule has 190 valence electrons. The van der Waals surface area contributed by atoms with E-state index in [-0.39, 0.29) is 11.3 Å². The molecule has 0 spiro atoms. The number of anilines is 1. The van der Waals surface area contributed by atoms with Gasteiger partial charge in [-0.15, -0.1) is 11.3 Å². The first-order chi connectivity index (χ1) is 17.9. The molecule has 1 saturated heterocycles. The maximum atomic E-state index is 13.4. The number of aliphatic hydroxyl groups is 1. The Morgan fingerprint density at radius 2 is 1.95 bits per heavy atom. The Balaban J connectivity index is 1.61. The highest BCUT2D eigenvalue weighted by Crippen LogP contribution is 2.46. The van der Waals surface area contributed by atoms with Crippen LogP contribution in [0.15, 0.2) is 59.5 Å². The summed E-state index contributed by atoms with van der Waals surface area (Å²) in [5.41, 5.74) is 2.03. The number of amides is 1. The van der Waals surface area contributed by atoms with Crippen molar-refractivity contribution in [2.75, 3.05) is 18.1 Å². The summed E-state index contributed by atoms with van der Waals surface area (Å²) in [6.07, 6.45) is 0.879. The third kappa shape index (κ3) is 4.60. The molecule has 4 aromatic rings. The minimum absolute atomic E-state index is 0.0448. The fourth-order valence-electron chi connectivity index (χ4n) is 4.32. The number of fused-ring (bicyclic) bond motifs is 1. The fraction of sp³-hybridized carbons (Fsp3) is 0.250. The molecule has 0 aliphatic carbocycles. The van der Waals surface area contributed by atoms with Crippen LogP contribution in [0.25, 0.3) is 16.0 Å². The van der Waals surface area contributed by atoms with E-state index < -0.39 is 17.7 Å². The number of rotatable bonds is 8. The average molecular weight is 535 g/mol. The van der Waals surface area contributed by atoms with Crippen LogP contribution in [-0.2, 0) is 9.59 Å². The molecule has 1 N–H and O–H groups in total. The normalized spacial score (nSPS) is 17.1. The molecule has 9 heteroatoms. The van der Waals surface area contributed by atoms with Crippen LogP contribution >= 0.6 is 22.7 Å². The standard InChI is InChI=1S/C28H26N2O5S2/c1-4-12-35-20-11-8-17(14-16(20)3)25(31)23-24(21-7-6-13-36-21)30(27(33)26(23)32)28-29-19-10-9-18(34-5-2)15-22(19)37-28/h6-11,13-15,24,31H,4-5,12H2,1-3H3/b25-23+. The van der Waals surface area contributed by atoms with Crippen molar-refractivity contribution >= 4 is 55.5 Å². The van der Waals surface area contributed by atoms with Crippen molar-refractivity contribution in [3.8, 4) is 11.5 Å². The van der Waals surface area contributed by atoms with E-state index >= 15 is 0 Å². The van der Waals surface area contributed by atoms with Crippen molar-refractivity contribution in [1.29, 1.82) is 0 Å². The third-order valence-corrected chi connectivity index (χ3v) is 7.98. The molecular weight excluding hydrogens is 508 g/mol. The molecule has 1 aliphatic heterocycles. The summed E-state index contributed by atoms with van der Waals surface area (Å²) in [6, 6.07) is 13.7. The van der Waals surface area contributed by atoms with Gasteiger partial charge in [-0.25, -0.2) is 4.98 Å². The molecule has 1 amide bonds. The summed E-state index contributed by atoms with van der Waals surface area (Å²) in [5, 5.41) is 13.7. The van der Waals surface area contributed by atoms with E-state index in [2.05, 4.69) is 4.98 Å². The van der Waals surface area contributed by atoms with Crippen LogP contribution < -0.4 is 14.4 Å². The Hall–Kier alpha value is -3.69. The number of nitrogens with zero attached hydrogens (tertiary/aromatic N) is 2. The van der Waals surface area contributed by atoms with Gasteiger partial charge in [-0.3, -0.25) is 14.5 Å². The first-order valence-electron chi connectivity index (χ1n) is 12.0. The first-order valence-corrected chi connectivity index (χ1v) is 13.7. The van der Waals surface area contributed by atoms with Gasteiger partial charge >= 0.3 is 5.91 Å². The second-order valence-electron chi connectivity index (χ2n) is 8.57. The number of benzene rings is 2.